The third-order valence-electron chi connectivity index (χ3n) is 2.19. The van der Waals surface area contributed by atoms with Gasteiger partial charge in [0.2, 0.25) is 0 Å². The van der Waals surface area contributed by atoms with Crippen LogP contribution >= 0.6 is 0 Å². The van der Waals surface area contributed by atoms with Gasteiger partial charge in [-0.2, -0.15) is 0 Å². The summed E-state index contributed by atoms with van der Waals surface area (Å²) < 4.78 is 0. The van der Waals surface area contributed by atoms with Crippen molar-refractivity contribution in [2.24, 2.45) is 0 Å². The zero-order valence-electron chi connectivity index (χ0n) is 7.75. The van der Waals surface area contributed by atoms with Crippen LogP contribution in [0.4, 0.5) is 0 Å². The number of nitrogens with one attached hydrogen (secondary N) is 1. The van der Waals surface area contributed by atoms with E-state index >= 15 is 0 Å². The van der Waals surface area contributed by atoms with Crippen LogP contribution in [0.5, 0.6) is 0 Å². The fourth-order valence-corrected chi connectivity index (χ4v) is 1.36. The first-order chi connectivity index (χ1) is 5.61. The van der Waals surface area contributed by atoms with Gasteiger partial charge in [0.15, 0.2) is 5.96 Å². The number of nitrogens with zero attached hydrogens (tertiary/aromatic N) is 2. The molecule has 0 aromatic heterocycles. The summed E-state index contributed by atoms with van der Waals surface area (Å²) >= 11 is 0. The van der Waals surface area contributed by atoms with Gasteiger partial charge in [-0.3, -0.25) is 5.41 Å². The number of likely N-dealkylation sites (tertiary alicyclic amines) is 1. The molecule has 0 aromatic rings. The maximum Gasteiger partial charge on any atom is 0.193 e. The van der Waals surface area contributed by atoms with Gasteiger partial charge in [0.1, 0.15) is 0 Å². The summed E-state index contributed by atoms with van der Waals surface area (Å²) in [6.07, 6.45) is 1.42. The predicted octanol–water partition coefficient (Wildman–Crippen LogP) is -0.0605. The Bertz CT molecular complexity index is 162. The van der Waals surface area contributed by atoms with E-state index in [0.29, 0.717) is 5.96 Å². The molecule has 0 amide bonds. The minimum absolute atomic E-state index is 0.156. The van der Waals surface area contributed by atoms with Crippen LogP contribution in [0.2, 0.25) is 0 Å². The highest BCUT2D eigenvalue weighted by molar-refractivity contribution is 5.76. The van der Waals surface area contributed by atoms with Crippen LogP contribution in [-0.2, 0) is 0 Å². The van der Waals surface area contributed by atoms with Gasteiger partial charge < -0.3 is 14.9 Å². The molecule has 0 aliphatic carbocycles. The van der Waals surface area contributed by atoms with Crippen LogP contribution in [0, 0.1) is 5.41 Å². The van der Waals surface area contributed by atoms with Crippen molar-refractivity contribution in [2.75, 3.05) is 27.2 Å². The normalized spacial score (nSPS) is 19.4. The molecule has 1 aliphatic rings. The highest BCUT2D eigenvalue weighted by Crippen LogP contribution is 2.10. The maximum absolute atomic E-state index is 9.24. The molecular weight excluding hydrogens is 154 g/mol. The second-order valence-corrected chi connectivity index (χ2v) is 3.44. The third-order valence-corrected chi connectivity index (χ3v) is 2.19. The number of hydrogen-bond donors (Lipinski definition) is 2. The lowest BCUT2D eigenvalue weighted by molar-refractivity contribution is 0.105. The van der Waals surface area contributed by atoms with Crippen molar-refractivity contribution >= 4 is 5.96 Å². The minimum atomic E-state index is -0.156. The number of aliphatic hydroxyl groups excluding tert-OH is 1. The SMILES string of the molecule is CN(C)C(=N)N1CCC(O)CC1. The van der Waals surface area contributed by atoms with Crippen LogP contribution in [0.15, 0.2) is 0 Å². The van der Waals surface area contributed by atoms with Crippen LogP contribution in [0.25, 0.3) is 0 Å². The lowest BCUT2D eigenvalue weighted by Gasteiger charge is -2.33. The summed E-state index contributed by atoms with van der Waals surface area (Å²) in [5.74, 6) is 0.543. The van der Waals surface area contributed by atoms with Crippen molar-refractivity contribution in [1.82, 2.24) is 9.80 Å². The molecule has 1 fully saturated rings. The van der Waals surface area contributed by atoms with Crippen LogP contribution in [0.1, 0.15) is 12.8 Å². The molecule has 1 rings (SSSR count). The van der Waals surface area contributed by atoms with E-state index < -0.39 is 0 Å². The molecule has 70 valence electrons. The van der Waals surface area contributed by atoms with E-state index in [1.807, 2.05) is 19.0 Å². The van der Waals surface area contributed by atoms with Crippen molar-refractivity contribution in [1.29, 1.82) is 5.41 Å². The van der Waals surface area contributed by atoms with E-state index in [0.717, 1.165) is 25.9 Å². The fourth-order valence-electron chi connectivity index (χ4n) is 1.36. The van der Waals surface area contributed by atoms with Gasteiger partial charge >= 0.3 is 0 Å². The van der Waals surface area contributed by atoms with E-state index in [-0.39, 0.29) is 6.10 Å². The predicted molar refractivity (Wildman–Crippen MR) is 48.2 cm³/mol. The summed E-state index contributed by atoms with van der Waals surface area (Å²) in [6.45, 7) is 1.61. The van der Waals surface area contributed by atoms with Crippen LogP contribution in [0.3, 0.4) is 0 Å². The van der Waals surface area contributed by atoms with Gasteiger partial charge in [-0.25, -0.2) is 0 Å². The third kappa shape index (κ3) is 2.11. The van der Waals surface area contributed by atoms with Gasteiger partial charge in [0, 0.05) is 27.2 Å². The summed E-state index contributed by atoms with van der Waals surface area (Å²) in [4.78, 5) is 3.78. The molecule has 0 aromatic carbocycles. The van der Waals surface area contributed by atoms with Crippen LogP contribution in [-0.4, -0.2) is 54.2 Å². The number of guanidine groups is 1. The molecule has 1 aliphatic heterocycles. The lowest BCUT2D eigenvalue weighted by Crippen LogP contribution is -2.45. The zero-order chi connectivity index (χ0) is 9.14. The molecule has 4 heteroatoms. The highest BCUT2D eigenvalue weighted by atomic mass is 16.3. The molecule has 0 atom stereocenters. The topological polar surface area (TPSA) is 50.6 Å². The van der Waals surface area contributed by atoms with Gasteiger partial charge in [-0.05, 0) is 12.8 Å². The largest absolute Gasteiger partial charge is 0.393 e. The Morgan fingerprint density at radius 3 is 2.33 bits per heavy atom. The second kappa shape index (κ2) is 3.76. The van der Waals surface area contributed by atoms with E-state index in [1.165, 1.54) is 0 Å². The molecule has 0 radical (unpaired) electrons. The molecular formula is C8H17N3O. The Balaban J connectivity index is 2.39. The minimum Gasteiger partial charge on any atom is -0.393 e. The number of rotatable bonds is 0. The smallest absolute Gasteiger partial charge is 0.193 e. The second-order valence-electron chi connectivity index (χ2n) is 3.44. The van der Waals surface area contributed by atoms with Gasteiger partial charge in [-0.15, -0.1) is 0 Å². The summed E-state index contributed by atoms with van der Waals surface area (Å²) in [7, 11) is 3.74. The fraction of sp³-hybridized carbons (Fsp3) is 0.875. The Morgan fingerprint density at radius 1 is 1.42 bits per heavy atom. The quantitative estimate of drug-likeness (QED) is 0.396. The van der Waals surface area contributed by atoms with Gasteiger partial charge in [0.05, 0.1) is 6.10 Å². The van der Waals surface area contributed by atoms with Gasteiger partial charge in [-0.1, -0.05) is 0 Å². The average Bonchev–Trinajstić information content (AvgIpc) is 2.04. The Morgan fingerprint density at radius 2 is 1.92 bits per heavy atom. The molecule has 0 bridgehead atoms. The first-order valence-corrected chi connectivity index (χ1v) is 4.30. The van der Waals surface area contributed by atoms with Crippen molar-refractivity contribution in [3.63, 3.8) is 0 Å². The van der Waals surface area contributed by atoms with E-state index in [1.54, 1.807) is 4.90 Å². The van der Waals surface area contributed by atoms with Crippen molar-refractivity contribution in [2.45, 2.75) is 18.9 Å². The molecule has 0 saturated carbocycles. The summed E-state index contributed by atoms with van der Waals surface area (Å²) in [5, 5.41) is 16.9. The molecule has 2 N–H and O–H groups in total. The first-order valence-electron chi connectivity index (χ1n) is 4.30. The van der Waals surface area contributed by atoms with Crippen molar-refractivity contribution in [3.8, 4) is 0 Å². The van der Waals surface area contributed by atoms with Crippen molar-refractivity contribution in [3.05, 3.63) is 0 Å². The molecule has 0 unspecified atom stereocenters. The zero-order valence-corrected chi connectivity index (χ0v) is 7.75. The number of aliphatic hydroxyl groups is 1. The highest BCUT2D eigenvalue weighted by Gasteiger charge is 2.19. The maximum atomic E-state index is 9.24. The Hall–Kier alpha value is -0.770. The molecule has 0 spiro atoms. The Kier molecular flexibility index (Phi) is 2.92. The number of hydrogen-bond acceptors (Lipinski definition) is 2. The van der Waals surface area contributed by atoms with Crippen molar-refractivity contribution < 1.29 is 5.11 Å². The molecule has 1 heterocycles. The monoisotopic (exact) mass is 171 g/mol. The molecule has 1 saturated heterocycles. The molecule has 12 heavy (non-hydrogen) atoms. The van der Waals surface area contributed by atoms with E-state index in [4.69, 9.17) is 5.41 Å². The van der Waals surface area contributed by atoms with Gasteiger partial charge in [0.25, 0.3) is 0 Å². The standard InChI is InChI=1S/C8H17N3O/c1-10(2)8(9)11-5-3-7(12)4-6-11/h7,9,12H,3-6H2,1-2H3. The number of piperidine rings is 1. The summed E-state index contributed by atoms with van der Waals surface area (Å²) in [5.41, 5.74) is 0. The lowest BCUT2D eigenvalue weighted by atomic mass is 10.1. The Labute approximate surface area is 73.3 Å². The van der Waals surface area contributed by atoms with E-state index in [2.05, 4.69) is 0 Å². The average molecular weight is 171 g/mol. The van der Waals surface area contributed by atoms with E-state index in [9.17, 15) is 5.11 Å². The summed E-state index contributed by atoms with van der Waals surface area (Å²) in [6, 6.07) is 0. The molecule has 4 nitrogen and oxygen atoms in total. The first kappa shape index (κ1) is 9.32. The van der Waals surface area contributed by atoms with Crippen LogP contribution < -0.4 is 0 Å².